The molecule has 1 N–H and O–H groups in total. The van der Waals surface area contributed by atoms with Crippen molar-refractivity contribution in [1.82, 2.24) is 24.3 Å². The Labute approximate surface area is 246 Å². The summed E-state index contributed by atoms with van der Waals surface area (Å²) in [6.45, 7) is 2.26. The highest BCUT2D eigenvalue weighted by molar-refractivity contribution is 5.94. The van der Waals surface area contributed by atoms with Crippen LogP contribution in [-0.4, -0.2) is 79.3 Å². The lowest BCUT2D eigenvalue weighted by atomic mass is 9.89. The summed E-state index contributed by atoms with van der Waals surface area (Å²) in [5, 5.41) is 9.00. The maximum absolute atomic E-state index is 14.2. The first kappa shape index (κ1) is 28.8. The van der Waals surface area contributed by atoms with E-state index in [-0.39, 0.29) is 30.6 Å². The second kappa shape index (κ2) is 10.8. The number of halogens is 3. The number of allylic oxidation sites excluding steroid dienone is 2. The zero-order valence-corrected chi connectivity index (χ0v) is 23.8. The number of carbonyl (C=O) groups excluding carboxylic acids is 2. The van der Waals surface area contributed by atoms with Gasteiger partial charge in [0, 0.05) is 31.2 Å². The lowest BCUT2D eigenvalue weighted by molar-refractivity contribution is -0.118. The molecule has 0 bridgehead atoms. The van der Waals surface area contributed by atoms with Gasteiger partial charge in [-0.2, -0.15) is 13.2 Å². The van der Waals surface area contributed by atoms with E-state index in [0.717, 1.165) is 47.9 Å². The average Bonchev–Trinajstić information content (AvgIpc) is 3.65. The molecule has 1 saturated carbocycles. The number of carbonyl (C=O) groups is 3. The summed E-state index contributed by atoms with van der Waals surface area (Å²) in [5.74, 6) is -0.306. The lowest BCUT2D eigenvalue weighted by Crippen LogP contribution is -2.45. The van der Waals surface area contributed by atoms with Crippen molar-refractivity contribution in [2.45, 2.75) is 76.3 Å². The van der Waals surface area contributed by atoms with Crippen LogP contribution in [0.4, 0.5) is 22.8 Å². The second-order valence-electron chi connectivity index (χ2n) is 11.5. The molecule has 2 aliphatic carbocycles. The number of alkyl halides is 3. The van der Waals surface area contributed by atoms with Crippen molar-refractivity contribution in [1.29, 1.82) is 0 Å². The summed E-state index contributed by atoms with van der Waals surface area (Å²) in [6.07, 6.45) is 1.42. The van der Waals surface area contributed by atoms with Crippen molar-refractivity contribution in [3.05, 3.63) is 76.2 Å². The van der Waals surface area contributed by atoms with Gasteiger partial charge < -0.3 is 24.5 Å². The molecule has 1 aromatic carbocycles. The van der Waals surface area contributed by atoms with Crippen LogP contribution in [0.15, 0.2) is 48.0 Å². The first-order chi connectivity index (χ1) is 20.4. The molecule has 3 heterocycles. The van der Waals surface area contributed by atoms with Gasteiger partial charge in [-0.15, -0.1) is 0 Å². The van der Waals surface area contributed by atoms with Crippen LogP contribution in [0.2, 0.25) is 0 Å². The number of nitrogens with zero attached hydrogens (tertiary/aromatic N) is 5. The molecule has 0 radical (unpaired) electrons. The first-order valence-electron chi connectivity index (χ1n) is 14.3. The summed E-state index contributed by atoms with van der Waals surface area (Å²) in [6, 6.07) is 4.48. The number of carboxylic acid groups (broad SMARTS) is 1. The highest BCUT2D eigenvalue weighted by atomic mass is 19.4. The van der Waals surface area contributed by atoms with E-state index in [2.05, 4.69) is 9.72 Å². The predicted molar refractivity (Wildman–Crippen MR) is 147 cm³/mol. The van der Waals surface area contributed by atoms with Crippen molar-refractivity contribution >= 4 is 18.1 Å². The number of imidazole rings is 1. The zero-order chi connectivity index (χ0) is 30.6. The number of benzene rings is 1. The Kier molecular flexibility index (Phi) is 7.21. The Hall–Kier alpha value is -4.29. The van der Waals surface area contributed by atoms with E-state index >= 15 is 0 Å². The topological polar surface area (TPSA) is 108 Å². The third kappa shape index (κ3) is 5.14. The van der Waals surface area contributed by atoms with E-state index in [9.17, 15) is 27.6 Å². The number of ether oxygens (including phenoxy) is 1. The summed E-state index contributed by atoms with van der Waals surface area (Å²) < 4.78 is 48.6. The van der Waals surface area contributed by atoms with E-state index in [0.29, 0.717) is 36.3 Å². The Bertz CT molecular complexity index is 1540. The van der Waals surface area contributed by atoms with Crippen LogP contribution in [0.3, 0.4) is 0 Å². The highest BCUT2D eigenvalue weighted by Gasteiger charge is 2.46. The molecule has 10 nitrogen and oxygen atoms in total. The van der Waals surface area contributed by atoms with Crippen molar-refractivity contribution in [3.63, 3.8) is 0 Å². The number of rotatable bonds is 5. The molecule has 1 unspecified atom stereocenters. The molecule has 1 fully saturated rings. The standard InChI is InChI=1S/C30H32F3N5O5/c1-17-34-15-22-16-37(28(40)38(17)22)21-10-8-20(9-11-21)35(2)27(39)19-6-5-18-7-12-24(23(18)14-19)36-13-3-4-25(43-29(41)42)26(36)30(31,32)33/h3-6,14-15,20-21,24H,7-13,16H2,1-2H3,(H,41,42). The van der Waals surface area contributed by atoms with Gasteiger partial charge in [0.05, 0.1) is 24.5 Å². The summed E-state index contributed by atoms with van der Waals surface area (Å²) >= 11 is 0. The Morgan fingerprint density at radius 1 is 1.12 bits per heavy atom. The van der Waals surface area contributed by atoms with E-state index in [1.807, 2.05) is 11.8 Å². The molecule has 0 saturated heterocycles. The monoisotopic (exact) mass is 599 g/mol. The molecule has 13 heteroatoms. The fourth-order valence-electron chi connectivity index (χ4n) is 7.03. The van der Waals surface area contributed by atoms with Gasteiger partial charge in [0.15, 0.2) is 11.5 Å². The van der Waals surface area contributed by atoms with Crippen LogP contribution in [0.25, 0.3) is 0 Å². The summed E-state index contributed by atoms with van der Waals surface area (Å²) in [7, 11) is 1.75. The van der Waals surface area contributed by atoms with E-state index < -0.39 is 29.8 Å². The molecule has 6 rings (SSSR count). The van der Waals surface area contributed by atoms with E-state index in [4.69, 9.17) is 5.11 Å². The van der Waals surface area contributed by atoms with Crippen LogP contribution in [0.5, 0.6) is 0 Å². The predicted octanol–water partition coefficient (Wildman–Crippen LogP) is 5.39. The molecule has 4 aliphatic rings. The molecule has 2 amide bonds. The number of aryl methyl sites for hydroxylation is 2. The van der Waals surface area contributed by atoms with Gasteiger partial charge >= 0.3 is 18.4 Å². The molecule has 1 aromatic heterocycles. The van der Waals surface area contributed by atoms with Gasteiger partial charge in [-0.3, -0.25) is 9.36 Å². The Balaban J connectivity index is 1.16. The lowest BCUT2D eigenvalue weighted by Gasteiger charge is -2.38. The fourth-order valence-corrected chi connectivity index (χ4v) is 7.03. The molecule has 43 heavy (non-hydrogen) atoms. The van der Waals surface area contributed by atoms with Crippen molar-refractivity contribution in [2.24, 2.45) is 0 Å². The molecule has 2 aliphatic heterocycles. The van der Waals surface area contributed by atoms with Crippen LogP contribution >= 0.6 is 0 Å². The normalized spacial score (nSPS) is 23.5. The van der Waals surface area contributed by atoms with Gasteiger partial charge in [-0.05, 0) is 74.8 Å². The number of amides is 2. The Morgan fingerprint density at radius 3 is 2.53 bits per heavy atom. The minimum absolute atomic E-state index is 0.0319. The van der Waals surface area contributed by atoms with Crippen molar-refractivity contribution in [3.8, 4) is 0 Å². The third-order valence-corrected chi connectivity index (χ3v) is 9.13. The van der Waals surface area contributed by atoms with Crippen LogP contribution in [0, 0.1) is 6.92 Å². The number of aromatic nitrogens is 2. The summed E-state index contributed by atoms with van der Waals surface area (Å²) in [4.78, 5) is 46.6. The minimum Gasteiger partial charge on any atom is -0.449 e. The number of fused-ring (bicyclic) bond motifs is 2. The van der Waals surface area contributed by atoms with Gasteiger partial charge in [0.1, 0.15) is 5.82 Å². The third-order valence-electron chi connectivity index (χ3n) is 9.13. The molecular weight excluding hydrogens is 567 g/mol. The van der Waals surface area contributed by atoms with Crippen molar-refractivity contribution < 1.29 is 37.4 Å². The second-order valence-corrected chi connectivity index (χ2v) is 11.5. The SMILES string of the molecule is Cc1ncc2n1C(=O)N(C1CCC(N(C)C(=O)c3ccc4c(c3)C(N3CC=CC(OC(=O)O)=C3C(F)(F)F)CC4)CC1)C2. The van der Waals surface area contributed by atoms with Crippen LogP contribution in [0.1, 0.15) is 71.1 Å². The molecule has 2 aromatic rings. The Morgan fingerprint density at radius 2 is 1.86 bits per heavy atom. The summed E-state index contributed by atoms with van der Waals surface area (Å²) in [5.41, 5.74) is 1.61. The van der Waals surface area contributed by atoms with E-state index in [1.165, 1.54) is 6.08 Å². The maximum atomic E-state index is 14.2. The van der Waals surface area contributed by atoms with Gasteiger partial charge in [-0.25, -0.2) is 14.6 Å². The fraction of sp³-hybridized carbons (Fsp3) is 0.467. The van der Waals surface area contributed by atoms with Crippen molar-refractivity contribution in [2.75, 3.05) is 13.6 Å². The van der Waals surface area contributed by atoms with Crippen LogP contribution < -0.4 is 0 Å². The van der Waals surface area contributed by atoms with Gasteiger partial charge in [0.2, 0.25) is 0 Å². The molecular formula is C30H32F3N5O5. The number of hydrogen-bond acceptors (Lipinski definition) is 6. The largest absolute Gasteiger partial charge is 0.511 e. The zero-order valence-electron chi connectivity index (χ0n) is 23.8. The minimum atomic E-state index is -4.84. The molecule has 228 valence electrons. The quantitative estimate of drug-likeness (QED) is 0.460. The average molecular weight is 600 g/mol. The van der Waals surface area contributed by atoms with Gasteiger partial charge in [0.25, 0.3) is 5.91 Å². The maximum Gasteiger partial charge on any atom is 0.511 e. The molecule has 1 atom stereocenters. The highest BCUT2D eigenvalue weighted by Crippen LogP contribution is 2.44. The first-order valence-corrected chi connectivity index (χ1v) is 14.3. The molecule has 0 spiro atoms. The van der Waals surface area contributed by atoms with Crippen LogP contribution in [-0.2, 0) is 17.7 Å². The number of hydrogen-bond donors (Lipinski definition) is 1. The van der Waals surface area contributed by atoms with Gasteiger partial charge in [-0.1, -0.05) is 12.1 Å². The smallest absolute Gasteiger partial charge is 0.449 e. The van der Waals surface area contributed by atoms with E-state index in [1.54, 1.807) is 40.9 Å².